The third kappa shape index (κ3) is 4.03. The predicted molar refractivity (Wildman–Crippen MR) is 94.6 cm³/mol. The fourth-order valence-electron chi connectivity index (χ4n) is 2.49. The molecule has 0 bridgehead atoms. The van der Waals surface area contributed by atoms with E-state index in [2.05, 4.69) is 10.2 Å². The summed E-state index contributed by atoms with van der Waals surface area (Å²) >= 11 is 0. The first-order chi connectivity index (χ1) is 12.2. The maximum Gasteiger partial charge on any atom is 0.330 e. The number of carbonyl (C=O) groups is 1. The largest absolute Gasteiger partial charge is 0.506 e. The van der Waals surface area contributed by atoms with E-state index in [0.717, 1.165) is 16.6 Å². The van der Waals surface area contributed by atoms with E-state index in [0.29, 0.717) is 25.1 Å². The molecule has 0 spiro atoms. The molecule has 6 nitrogen and oxygen atoms in total. The van der Waals surface area contributed by atoms with Crippen LogP contribution >= 0.6 is 0 Å². The van der Waals surface area contributed by atoms with Crippen molar-refractivity contribution < 1.29 is 14.6 Å². The molecule has 3 rings (SSSR count). The van der Waals surface area contributed by atoms with Crippen molar-refractivity contribution in [3.63, 3.8) is 0 Å². The number of phenols is 1. The Bertz CT molecular complexity index is 882. The molecule has 0 amide bonds. The minimum Gasteiger partial charge on any atom is -0.506 e. The van der Waals surface area contributed by atoms with E-state index in [1.165, 1.54) is 10.9 Å². The Balaban J connectivity index is 1.65. The quantitative estimate of drug-likeness (QED) is 0.425. The highest BCUT2D eigenvalue weighted by Gasteiger charge is 2.09. The molecular formula is C19H19N3O3. The molecule has 0 unspecified atom stereocenters. The van der Waals surface area contributed by atoms with Crippen LogP contribution in [0.2, 0.25) is 0 Å². The predicted octanol–water partition coefficient (Wildman–Crippen LogP) is 3.18. The van der Waals surface area contributed by atoms with Crippen LogP contribution in [0, 0.1) is 0 Å². The zero-order valence-corrected chi connectivity index (χ0v) is 13.9. The van der Waals surface area contributed by atoms with E-state index >= 15 is 0 Å². The lowest BCUT2D eigenvalue weighted by molar-refractivity contribution is -0.137. The summed E-state index contributed by atoms with van der Waals surface area (Å²) in [6, 6.07) is 12.9. The number of aromatic nitrogens is 3. The van der Waals surface area contributed by atoms with Crippen LogP contribution in [-0.4, -0.2) is 32.7 Å². The van der Waals surface area contributed by atoms with Gasteiger partial charge in [0.1, 0.15) is 22.5 Å². The minimum atomic E-state index is -0.336. The van der Waals surface area contributed by atoms with Gasteiger partial charge in [0.05, 0.1) is 6.61 Å². The van der Waals surface area contributed by atoms with Crippen molar-refractivity contribution in [1.29, 1.82) is 0 Å². The van der Waals surface area contributed by atoms with Gasteiger partial charge in [-0.2, -0.15) is 0 Å². The molecule has 1 aromatic heterocycles. The second-order valence-corrected chi connectivity index (χ2v) is 5.57. The fourth-order valence-corrected chi connectivity index (χ4v) is 2.49. The summed E-state index contributed by atoms with van der Waals surface area (Å²) < 4.78 is 5.05. The SMILES string of the molecule is CC=CC(=O)OCCCc1ccc(-n2nc3ccccc3n2)c(O)c1. The van der Waals surface area contributed by atoms with Crippen LogP contribution in [0.4, 0.5) is 0 Å². The number of fused-ring (bicyclic) bond motifs is 1. The minimum absolute atomic E-state index is 0.115. The molecule has 0 aliphatic heterocycles. The van der Waals surface area contributed by atoms with Gasteiger partial charge in [0, 0.05) is 6.08 Å². The Morgan fingerprint density at radius 2 is 1.92 bits per heavy atom. The van der Waals surface area contributed by atoms with Gasteiger partial charge in [-0.25, -0.2) is 4.79 Å². The van der Waals surface area contributed by atoms with Crippen LogP contribution in [0.25, 0.3) is 16.7 Å². The molecule has 25 heavy (non-hydrogen) atoms. The van der Waals surface area contributed by atoms with Gasteiger partial charge in [-0.3, -0.25) is 0 Å². The average Bonchev–Trinajstić information content (AvgIpc) is 3.03. The molecule has 1 N–H and O–H groups in total. The van der Waals surface area contributed by atoms with Gasteiger partial charge in [-0.1, -0.05) is 24.3 Å². The number of ether oxygens (including phenoxy) is 1. The molecule has 3 aromatic rings. The zero-order valence-electron chi connectivity index (χ0n) is 13.9. The van der Waals surface area contributed by atoms with E-state index in [4.69, 9.17) is 4.74 Å². The molecule has 0 fully saturated rings. The van der Waals surface area contributed by atoms with Crippen LogP contribution in [0.3, 0.4) is 0 Å². The molecule has 2 aromatic carbocycles. The van der Waals surface area contributed by atoms with Crippen LogP contribution < -0.4 is 0 Å². The van der Waals surface area contributed by atoms with Crippen LogP contribution in [0.5, 0.6) is 5.75 Å². The molecule has 0 saturated carbocycles. The molecule has 0 radical (unpaired) electrons. The van der Waals surface area contributed by atoms with Gasteiger partial charge in [0.2, 0.25) is 0 Å². The highest BCUT2D eigenvalue weighted by Crippen LogP contribution is 2.23. The summed E-state index contributed by atoms with van der Waals surface area (Å²) in [6.07, 6.45) is 4.42. The fraction of sp³-hybridized carbons (Fsp3) is 0.211. The van der Waals surface area contributed by atoms with E-state index in [-0.39, 0.29) is 11.7 Å². The van der Waals surface area contributed by atoms with Crippen molar-refractivity contribution >= 4 is 17.0 Å². The van der Waals surface area contributed by atoms with Crippen molar-refractivity contribution in [2.24, 2.45) is 0 Å². The Hall–Kier alpha value is -3.15. The number of rotatable bonds is 6. The number of hydrogen-bond acceptors (Lipinski definition) is 5. The van der Waals surface area contributed by atoms with E-state index in [1.54, 1.807) is 25.1 Å². The molecule has 128 valence electrons. The number of hydrogen-bond donors (Lipinski definition) is 1. The number of esters is 1. The topological polar surface area (TPSA) is 77.2 Å². The second kappa shape index (κ2) is 7.61. The average molecular weight is 337 g/mol. The number of aryl methyl sites for hydroxylation is 1. The van der Waals surface area contributed by atoms with E-state index < -0.39 is 0 Å². The Morgan fingerprint density at radius 1 is 1.20 bits per heavy atom. The molecule has 1 heterocycles. The first-order valence-electron chi connectivity index (χ1n) is 8.11. The summed E-state index contributed by atoms with van der Waals surface area (Å²) in [7, 11) is 0. The zero-order chi connectivity index (χ0) is 17.6. The molecule has 0 aliphatic rings. The number of carbonyl (C=O) groups excluding carboxylic acids is 1. The monoisotopic (exact) mass is 337 g/mol. The summed E-state index contributed by atoms with van der Waals surface area (Å²) in [5.74, 6) is -0.221. The van der Waals surface area contributed by atoms with Crippen molar-refractivity contribution in [2.75, 3.05) is 6.61 Å². The first-order valence-corrected chi connectivity index (χ1v) is 8.11. The maximum absolute atomic E-state index is 11.2. The summed E-state index contributed by atoms with van der Waals surface area (Å²) in [4.78, 5) is 12.7. The first kappa shape index (κ1) is 16.7. The summed E-state index contributed by atoms with van der Waals surface area (Å²) in [5, 5.41) is 19.0. The smallest absolute Gasteiger partial charge is 0.330 e. The van der Waals surface area contributed by atoms with Crippen LogP contribution in [0.1, 0.15) is 18.9 Å². The molecular weight excluding hydrogens is 318 g/mol. The molecule has 6 heteroatoms. The lowest BCUT2D eigenvalue weighted by Crippen LogP contribution is -2.03. The van der Waals surface area contributed by atoms with Crippen molar-refractivity contribution in [2.45, 2.75) is 19.8 Å². The van der Waals surface area contributed by atoms with Gasteiger partial charge in [0.15, 0.2) is 0 Å². The van der Waals surface area contributed by atoms with Gasteiger partial charge in [0.25, 0.3) is 0 Å². The Kier molecular flexibility index (Phi) is 5.09. The molecule has 0 aliphatic carbocycles. The number of benzene rings is 2. The van der Waals surface area contributed by atoms with Gasteiger partial charge < -0.3 is 9.84 Å². The lowest BCUT2D eigenvalue weighted by atomic mass is 10.1. The lowest BCUT2D eigenvalue weighted by Gasteiger charge is -2.07. The summed E-state index contributed by atoms with van der Waals surface area (Å²) in [6.45, 7) is 2.11. The highest BCUT2D eigenvalue weighted by atomic mass is 16.5. The number of phenolic OH excluding ortho intramolecular Hbond substituents is 1. The molecule has 0 atom stereocenters. The third-order valence-electron chi connectivity index (χ3n) is 3.70. The van der Waals surface area contributed by atoms with Crippen molar-refractivity contribution in [3.8, 4) is 11.4 Å². The highest BCUT2D eigenvalue weighted by molar-refractivity contribution is 5.81. The van der Waals surface area contributed by atoms with Crippen molar-refractivity contribution in [1.82, 2.24) is 15.0 Å². The van der Waals surface area contributed by atoms with Gasteiger partial charge >= 0.3 is 5.97 Å². The maximum atomic E-state index is 11.2. The molecule has 0 saturated heterocycles. The summed E-state index contributed by atoms with van der Waals surface area (Å²) in [5.41, 5.74) is 3.03. The number of aromatic hydroxyl groups is 1. The van der Waals surface area contributed by atoms with Crippen LogP contribution in [-0.2, 0) is 16.0 Å². The second-order valence-electron chi connectivity index (χ2n) is 5.57. The number of allylic oxidation sites excluding steroid dienone is 1. The van der Waals surface area contributed by atoms with Gasteiger partial charge in [-0.05, 0) is 49.6 Å². The Labute approximate surface area is 145 Å². The standard InChI is InChI=1S/C19H19N3O3/c1-2-6-19(24)25-12-5-7-14-10-11-17(18(23)13-14)22-20-15-8-3-4-9-16(15)21-22/h2-4,6,8-11,13,23H,5,7,12H2,1H3. The normalized spacial score (nSPS) is 11.2. The van der Waals surface area contributed by atoms with Crippen molar-refractivity contribution in [3.05, 3.63) is 60.2 Å². The Morgan fingerprint density at radius 3 is 2.56 bits per heavy atom. The van der Waals surface area contributed by atoms with E-state index in [1.807, 2.05) is 30.3 Å². The van der Waals surface area contributed by atoms with Crippen LogP contribution in [0.15, 0.2) is 54.6 Å². The van der Waals surface area contributed by atoms with E-state index in [9.17, 15) is 9.90 Å². The third-order valence-corrected chi connectivity index (χ3v) is 3.70. The number of nitrogens with zero attached hydrogens (tertiary/aromatic N) is 3. The van der Waals surface area contributed by atoms with Gasteiger partial charge in [-0.15, -0.1) is 15.0 Å².